The van der Waals surface area contributed by atoms with Crippen molar-refractivity contribution in [3.05, 3.63) is 65.7 Å². The molecular formula is C21H29ClN2O2. The molecule has 1 unspecified atom stereocenters. The fourth-order valence-corrected chi connectivity index (χ4v) is 2.67. The van der Waals surface area contributed by atoms with Crippen LogP contribution in [0.1, 0.15) is 37.8 Å². The highest BCUT2D eigenvalue weighted by atomic mass is 35.5. The third-order valence-electron chi connectivity index (χ3n) is 4.12. The lowest BCUT2D eigenvalue weighted by molar-refractivity contribution is -0.120. The van der Waals surface area contributed by atoms with Crippen molar-refractivity contribution in [1.29, 1.82) is 0 Å². The van der Waals surface area contributed by atoms with Crippen molar-refractivity contribution in [2.45, 2.75) is 45.3 Å². The zero-order valence-electron chi connectivity index (χ0n) is 15.5. The molecule has 26 heavy (non-hydrogen) atoms. The second-order valence-corrected chi connectivity index (χ2v) is 6.61. The summed E-state index contributed by atoms with van der Waals surface area (Å²) < 4.78 is 5.75. The number of rotatable bonds is 9. The van der Waals surface area contributed by atoms with Gasteiger partial charge in [-0.2, -0.15) is 0 Å². The van der Waals surface area contributed by atoms with Crippen molar-refractivity contribution in [3.63, 3.8) is 0 Å². The maximum absolute atomic E-state index is 12.3. The molecule has 0 aromatic heterocycles. The van der Waals surface area contributed by atoms with E-state index < -0.39 is 5.54 Å². The summed E-state index contributed by atoms with van der Waals surface area (Å²) in [6.45, 7) is 4.97. The normalized spacial score (nSPS) is 12.7. The number of nitrogens with one attached hydrogen (secondary N) is 1. The molecule has 4 nitrogen and oxygen atoms in total. The number of hydrogen-bond donors (Lipinski definition) is 2. The molecule has 2 aromatic carbocycles. The van der Waals surface area contributed by atoms with Crippen LogP contribution >= 0.6 is 12.4 Å². The molecule has 0 heterocycles. The van der Waals surface area contributed by atoms with E-state index >= 15 is 0 Å². The van der Waals surface area contributed by atoms with Gasteiger partial charge in [0.05, 0.1) is 18.8 Å². The maximum Gasteiger partial charge on any atom is 0.244 e. The molecule has 3 N–H and O–H groups in total. The molecule has 0 aliphatic rings. The smallest absolute Gasteiger partial charge is 0.244 e. The fourth-order valence-electron chi connectivity index (χ4n) is 2.67. The minimum absolute atomic E-state index is 0. The topological polar surface area (TPSA) is 64.4 Å². The van der Waals surface area contributed by atoms with Crippen molar-refractivity contribution in [3.8, 4) is 0 Å². The molecule has 0 aliphatic heterocycles. The van der Waals surface area contributed by atoms with Gasteiger partial charge in [-0.3, -0.25) is 4.79 Å². The van der Waals surface area contributed by atoms with Crippen LogP contribution in [0.4, 0.5) is 5.69 Å². The van der Waals surface area contributed by atoms with Crippen LogP contribution in [0.2, 0.25) is 0 Å². The van der Waals surface area contributed by atoms with E-state index in [2.05, 4.69) is 17.4 Å². The van der Waals surface area contributed by atoms with Gasteiger partial charge in [-0.1, -0.05) is 55.8 Å². The highest BCUT2D eigenvalue weighted by Crippen LogP contribution is 2.16. The van der Waals surface area contributed by atoms with Crippen LogP contribution in [0, 0.1) is 0 Å². The van der Waals surface area contributed by atoms with Crippen LogP contribution in [0.3, 0.4) is 0 Å². The molecular weight excluding hydrogens is 348 g/mol. The molecule has 0 saturated carbocycles. The van der Waals surface area contributed by atoms with Gasteiger partial charge in [-0.15, -0.1) is 12.4 Å². The van der Waals surface area contributed by atoms with Crippen molar-refractivity contribution < 1.29 is 9.53 Å². The SMILES string of the molecule is CCCC(C)(N)C(=O)Nc1cccc(COCCc2ccccc2)c1.Cl. The number of carbonyl (C=O) groups is 1. The van der Waals surface area contributed by atoms with Gasteiger partial charge < -0.3 is 15.8 Å². The first-order chi connectivity index (χ1) is 12.0. The number of hydrogen-bond acceptors (Lipinski definition) is 3. The minimum Gasteiger partial charge on any atom is -0.376 e. The zero-order chi connectivity index (χ0) is 18.1. The van der Waals surface area contributed by atoms with E-state index in [0.717, 1.165) is 24.1 Å². The number of carbonyl (C=O) groups excluding carboxylic acids is 1. The molecule has 0 spiro atoms. The quantitative estimate of drug-likeness (QED) is 0.640. The zero-order valence-corrected chi connectivity index (χ0v) is 16.4. The molecule has 2 aromatic rings. The Balaban J connectivity index is 0.00000338. The number of nitrogens with two attached hydrogens (primary N) is 1. The summed E-state index contributed by atoms with van der Waals surface area (Å²) in [4.78, 5) is 12.3. The number of benzene rings is 2. The molecule has 0 radical (unpaired) electrons. The molecule has 2 rings (SSSR count). The lowest BCUT2D eigenvalue weighted by Gasteiger charge is -2.23. The Morgan fingerprint density at radius 2 is 1.81 bits per heavy atom. The number of ether oxygens (including phenoxy) is 1. The number of amides is 1. The van der Waals surface area contributed by atoms with E-state index in [9.17, 15) is 4.79 Å². The largest absolute Gasteiger partial charge is 0.376 e. The van der Waals surface area contributed by atoms with Crippen molar-refractivity contribution in [2.75, 3.05) is 11.9 Å². The molecule has 0 aliphatic carbocycles. The van der Waals surface area contributed by atoms with Crippen LogP contribution in [-0.2, 0) is 22.6 Å². The first kappa shape index (κ1) is 22.2. The standard InChI is InChI=1S/C21H28N2O2.ClH/c1-3-13-21(2,22)20(24)23-19-11-7-10-18(15-19)16-25-14-12-17-8-5-4-6-9-17;/h4-11,15H,3,12-14,16,22H2,1-2H3,(H,23,24);1H. The van der Waals surface area contributed by atoms with E-state index in [4.69, 9.17) is 10.5 Å². The van der Waals surface area contributed by atoms with E-state index in [1.165, 1.54) is 5.56 Å². The van der Waals surface area contributed by atoms with E-state index in [1.807, 2.05) is 49.4 Å². The number of anilines is 1. The van der Waals surface area contributed by atoms with Crippen molar-refractivity contribution in [2.24, 2.45) is 5.73 Å². The van der Waals surface area contributed by atoms with E-state index in [0.29, 0.717) is 19.6 Å². The predicted octanol–water partition coefficient (Wildman–Crippen LogP) is 4.32. The summed E-state index contributed by atoms with van der Waals surface area (Å²) in [5.41, 5.74) is 8.27. The highest BCUT2D eigenvalue weighted by molar-refractivity contribution is 5.97. The van der Waals surface area contributed by atoms with Gasteiger partial charge >= 0.3 is 0 Å². The summed E-state index contributed by atoms with van der Waals surface area (Å²) in [6, 6.07) is 18.0. The van der Waals surface area contributed by atoms with Gasteiger partial charge in [-0.05, 0) is 43.0 Å². The number of halogens is 1. The van der Waals surface area contributed by atoms with Crippen LogP contribution in [0.15, 0.2) is 54.6 Å². The lowest BCUT2D eigenvalue weighted by Crippen LogP contribution is -2.48. The highest BCUT2D eigenvalue weighted by Gasteiger charge is 2.27. The van der Waals surface area contributed by atoms with E-state index in [1.54, 1.807) is 6.92 Å². The third kappa shape index (κ3) is 7.16. The Morgan fingerprint density at radius 1 is 1.12 bits per heavy atom. The molecule has 0 bridgehead atoms. The van der Waals surface area contributed by atoms with Crippen molar-refractivity contribution in [1.82, 2.24) is 0 Å². The average Bonchev–Trinajstić information content (AvgIpc) is 2.60. The molecule has 1 amide bonds. The molecule has 0 saturated heterocycles. The average molecular weight is 377 g/mol. The Hall–Kier alpha value is -1.88. The Bertz CT molecular complexity index is 675. The summed E-state index contributed by atoms with van der Waals surface area (Å²) in [5.74, 6) is -0.156. The van der Waals surface area contributed by atoms with Gasteiger partial charge in [0.15, 0.2) is 0 Å². The van der Waals surface area contributed by atoms with Crippen LogP contribution in [-0.4, -0.2) is 18.1 Å². The van der Waals surface area contributed by atoms with Crippen LogP contribution < -0.4 is 11.1 Å². The van der Waals surface area contributed by atoms with Crippen molar-refractivity contribution >= 4 is 24.0 Å². The van der Waals surface area contributed by atoms with Crippen LogP contribution in [0.5, 0.6) is 0 Å². The van der Waals surface area contributed by atoms with Gasteiger partial charge in [0.2, 0.25) is 5.91 Å². The van der Waals surface area contributed by atoms with E-state index in [-0.39, 0.29) is 18.3 Å². The molecule has 5 heteroatoms. The summed E-state index contributed by atoms with van der Waals surface area (Å²) >= 11 is 0. The monoisotopic (exact) mass is 376 g/mol. The molecule has 1 atom stereocenters. The minimum atomic E-state index is -0.850. The van der Waals surface area contributed by atoms with Gasteiger partial charge in [0.25, 0.3) is 0 Å². The van der Waals surface area contributed by atoms with Gasteiger partial charge in [0.1, 0.15) is 0 Å². The summed E-state index contributed by atoms with van der Waals surface area (Å²) in [6.07, 6.45) is 2.41. The third-order valence-corrected chi connectivity index (χ3v) is 4.12. The first-order valence-electron chi connectivity index (χ1n) is 8.82. The summed E-state index contributed by atoms with van der Waals surface area (Å²) in [5, 5.41) is 2.90. The molecule has 142 valence electrons. The first-order valence-corrected chi connectivity index (χ1v) is 8.82. The maximum atomic E-state index is 12.3. The Labute approximate surface area is 162 Å². The second kappa shape index (κ2) is 11.0. The fraction of sp³-hybridized carbons (Fsp3) is 0.381. The second-order valence-electron chi connectivity index (χ2n) is 6.61. The van der Waals surface area contributed by atoms with Gasteiger partial charge in [0, 0.05) is 5.69 Å². The Kier molecular flexibility index (Phi) is 9.35. The molecule has 0 fully saturated rings. The van der Waals surface area contributed by atoms with Crippen LogP contribution in [0.25, 0.3) is 0 Å². The lowest BCUT2D eigenvalue weighted by atomic mass is 9.96. The van der Waals surface area contributed by atoms with Gasteiger partial charge in [-0.25, -0.2) is 0 Å². The predicted molar refractivity (Wildman–Crippen MR) is 110 cm³/mol. The Morgan fingerprint density at radius 3 is 2.50 bits per heavy atom. The summed E-state index contributed by atoms with van der Waals surface area (Å²) in [7, 11) is 0.